The van der Waals surface area contributed by atoms with E-state index in [-0.39, 0.29) is 54.6 Å². The molecule has 2 aromatic rings. The van der Waals surface area contributed by atoms with Gasteiger partial charge in [0.15, 0.2) is 33.9 Å². The van der Waals surface area contributed by atoms with Crippen LogP contribution in [0.15, 0.2) is 83.0 Å². The van der Waals surface area contributed by atoms with Crippen molar-refractivity contribution in [3.63, 3.8) is 0 Å². The van der Waals surface area contributed by atoms with Crippen LogP contribution < -0.4 is 0 Å². The van der Waals surface area contributed by atoms with Gasteiger partial charge in [-0.25, -0.2) is 9.59 Å². The SMILES string of the molecule is CC(=O)O[C@@H]1C(=O)C2=C(C)[C@@H](O[Si](C)(C)C)C[C@@](O)([C@@H](OC(=O)c3ccccc3)C3[C@@]1(C)[C@@H](C)C[C@H]1OC[C@@]31OC(C)=O)C2(C)C.CC(=O)O[C@@H]1[C@H](O)C2=C(C)[C@@H](O[Si](C)(C)C)C[C@@](O)([C@@H](OC(=O)c3ccccc3)C3[C@@]1(C)[C@@H](C)C[C@H]1OC[C@@]31OC(C)=O)C2(C)C. The number of hydrogen-bond donors (Lipinski definition) is 3. The van der Waals surface area contributed by atoms with Crippen LogP contribution in [0, 0.1) is 45.3 Å². The summed E-state index contributed by atoms with van der Waals surface area (Å²) < 4.78 is 63.0. The summed E-state index contributed by atoms with van der Waals surface area (Å²) in [6, 6.07) is 17.0. The summed E-state index contributed by atoms with van der Waals surface area (Å²) in [6.07, 6.45) is -8.15. The Morgan fingerprint density at radius 2 is 0.924 bits per heavy atom. The van der Waals surface area contributed by atoms with Crippen LogP contribution in [0.2, 0.25) is 39.3 Å². The zero-order valence-electron chi connectivity index (χ0n) is 57.3. The van der Waals surface area contributed by atoms with Crippen LogP contribution >= 0.6 is 0 Å². The van der Waals surface area contributed by atoms with Gasteiger partial charge in [0, 0.05) is 67.8 Å². The molecule has 2 aromatic carbocycles. The van der Waals surface area contributed by atoms with Crippen molar-refractivity contribution in [3.8, 4) is 0 Å². The largest absolute Gasteiger partial charge is 0.459 e. The minimum Gasteiger partial charge on any atom is -0.459 e. The number of fused-ring (bicyclic) bond motifs is 10. The molecule has 10 rings (SSSR count). The Bertz CT molecular complexity index is 3310. The summed E-state index contributed by atoms with van der Waals surface area (Å²) >= 11 is 0. The Hall–Kier alpha value is -5.44. The van der Waals surface area contributed by atoms with Crippen molar-refractivity contribution in [2.75, 3.05) is 13.2 Å². The minimum absolute atomic E-state index is 0.0143. The Balaban J connectivity index is 0.000000217. The summed E-state index contributed by atoms with van der Waals surface area (Å²) in [4.78, 5) is 94.6. The van der Waals surface area contributed by atoms with E-state index in [0.29, 0.717) is 24.0 Å². The molecule has 19 atom stereocenters. The number of esters is 6. The summed E-state index contributed by atoms with van der Waals surface area (Å²) in [5.74, 6) is -6.83. The molecule has 92 heavy (non-hydrogen) atoms. The van der Waals surface area contributed by atoms with Crippen molar-refractivity contribution >= 4 is 58.2 Å². The second-order valence-electron chi connectivity index (χ2n) is 31.0. The highest BCUT2D eigenvalue weighted by Gasteiger charge is 2.80. The first-order valence-corrected chi connectivity index (χ1v) is 39.2. The number of ether oxygens (including phenoxy) is 8. The molecule has 2 unspecified atom stereocenters. The van der Waals surface area contributed by atoms with E-state index in [9.17, 15) is 44.1 Å². The van der Waals surface area contributed by atoms with Crippen LogP contribution in [0.5, 0.6) is 0 Å². The van der Waals surface area contributed by atoms with Gasteiger partial charge in [-0.1, -0.05) is 91.8 Å². The fourth-order valence-electron chi connectivity index (χ4n) is 17.9. The average molecular weight is 1320 g/mol. The third-order valence-corrected chi connectivity index (χ3v) is 24.5. The number of rotatable bonds is 12. The Labute approximate surface area is 543 Å². The Morgan fingerprint density at radius 3 is 1.30 bits per heavy atom. The van der Waals surface area contributed by atoms with Gasteiger partial charge < -0.3 is 62.1 Å². The maximum absolute atomic E-state index is 15.1. The van der Waals surface area contributed by atoms with E-state index in [0.717, 1.165) is 5.57 Å². The lowest BCUT2D eigenvalue weighted by Crippen LogP contribution is -2.81. The average Bonchev–Trinajstić information content (AvgIpc) is 0.676. The van der Waals surface area contributed by atoms with Gasteiger partial charge in [0.25, 0.3) is 0 Å². The highest BCUT2D eigenvalue weighted by molar-refractivity contribution is 6.70. The van der Waals surface area contributed by atoms with Crippen LogP contribution in [-0.4, -0.2) is 164 Å². The Morgan fingerprint density at radius 1 is 0.533 bits per heavy atom. The molecule has 2 aliphatic heterocycles. The summed E-state index contributed by atoms with van der Waals surface area (Å²) in [5, 5.41) is 39.3. The third kappa shape index (κ3) is 11.5. The van der Waals surface area contributed by atoms with Crippen LogP contribution in [0.3, 0.4) is 0 Å². The number of benzene rings is 2. The van der Waals surface area contributed by atoms with E-state index in [1.165, 1.54) is 27.7 Å². The van der Waals surface area contributed by atoms with Crippen molar-refractivity contribution in [1.82, 2.24) is 0 Å². The molecule has 2 saturated heterocycles. The van der Waals surface area contributed by atoms with Gasteiger partial charge >= 0.3 is 35.8 Å². The lowest BCUT2D eigenvalue weighted by molar-refractivity contribution is -0.358. The molecule has 4 bridgehead atoms. The molecule has 0 radical (unpaired) electrons. The highest BCUT2D eigenvalue weighted by Crippen LogP contribution is 2.69. The predicted octanol–water partition coefficient (Wildman–Crippen LogP) is 9.37. The van der Waals surface area contributed by atoms with Crippen LogP contribution in [0.25, 0.3) is 0 Å². The van der Waals surface area contributed by atoms with E-state index < -0.39 is 169 Å². The quantitative estimate of drug-likeness (QED) is 0.0772. The second kappa shape index (κ2) is 24.3. The van der Waals surface area contributed by atoms with Crippen molar-refractivity contribution in [1.29, 1.82) is 0 Å². The molecule has 8 aliphatic rings. The second-order valence-corrected chi connectivity index (χ2v) is 39.9. The summed E-state index contributed by atoms with van der Waals surface area (Å²) in [7, 11) is -4.50. The molecular formula is C70H98O20Si2. The molecule has 0 amide bonds. The summed E-state index contributed by atoms with van der Waals surface area (Å²) in [6.45, 7) is 35.7. The van der Waals surface area contributed by atoms with Gasteiger partial charge in [-0.2, -0.15) is 0 Å². The van der Waals surface area contributed by atoms with Crippen molar-refractivity contribution in [2.45, 2.75) is 239 Å². The lowest BCUT2D eigenvalue weighted by atomic mass is 9.43. The van der Waals surface area contributed by atoms with Crippen LogP contribution in [0.4, 0.5) is 0 Å². The topological polar surface area (TPSA) is 272 Å². The van der Waals surface area contributed by atoms with Crippen LogP contribution in [0.1, 0.15) is 143 Å². The van der Waals surface area contributed by atoms with E-state index in [1.54, 1.807) is 74.5 Å². The zero-order chi connectivity index (χ0) is 68.4. The van der Waals surface area contributed by atoms with E-state index in [4.69, 9.17) is 46.7 Å². The smallest absolute Gasteiger partial charge is 0.338 e. The van der Waals surface area contributed by atoms with Crippen molar-refractivity contribution in [3.05, 3.63) is 94.1 Å². The highest BCUT2D eigenvalue weighted by atomic mass is 28.4. The van der Waals surface area contributed by atoms with Gasteiger partial charge in [-0.3, -0.25) is 24.0 Å². The first-order valence-electron chi connectivity index (χ1n) is 32.3. The molecule has 22 heteroatoms. The van der Waals surface area contributed by atoms with E-state index in [1.807, 2.05) is 94.7 Å². The molecule has 6 aliphatic carbocycles. The van der Waals surface area contributed by atoms with E-state index >= 15 is 4.79 Å². The van der Waals surface area contributed by atoms with Gasteiger partial charge in [-0.05, 0) is 119 Å². The van der Waals surface area contributed by atoms with Crippen molar-refractivity contribution in [2.24, 2.45) is 45.3 Å². The molecule has 0 aromatic heterocycles. The number of carbonyl (C=O) groups excluding carboxylic acids is 7. The zero-order valence-corrected chi connectivity index (χ0v) is 59.3. The maximum Gasteiger partial charge on any atom is 0.338 e. The molecule has 0 spiro atoms. The number of hydrogen-bond acceptors (Lipinski definition) is 20. The van der Waals surface area contributed by atoms with Crippen LogP contribution in [-0.2, 0) is 70.7 Å². The number of carbonyl (C=O) groups is 7. The van der Waals surface area contributed by atoms with Gasteiger partial charge in [-0.15, -0.1) is 0 Å². The molecule has 20 nitrogen and oxygen atoms in total. The molecule has 4 saturated carbocycles. The van der Waals surface area contributed by atoms with Gasteiger partial charge in [0.2, 0.25) is 5.78 Å². The normalized spacial score (nSPS) is 39.1. The first-order chi connectivity index (χ1) is 42.4. The molecule has 6 fully saturated rings. The van der Waals surface area contributed by atoms with Crippen molar-refractivity contribution < 1.29 is 95.6 Å². The lowest BCUT2D eigenvalue weighted by Gasteiger charge is -2.69. The molecule has 2 heterocycles. The fourth-order valence-corrected chi connectivity index (χ4v) is 20.1. The minimum atomic E-state index is -2.26. The third-order valence-electron chi connectivity index (χ3n) is 22.5. The van der Waals surface area contributed by atoms with Gasteiger partial charge in [0.05, 0.1) is 48.4 Å². The number of Topliss-reactive ketones (excluding diaryl/α,β-unsaturated/α-hetero) is 1. The number of aliphatic hydroxyl groups is 3. The number of aliphatic hydroxyl groups excluding tert-OH is 1. The monoisotopic (exact) mass is 1310 g/mol. The summed E-state index contributed by atoms with van der Waals surface area (Å²) in [5.41, 5.74) is -8.75. The standard InChI is InChI=1S/C35H50O10Si.C35H48O10Si/c2*1-19-16-25-34(18-41-25,44-22(4)37)28-30(43-31(39)23-14-12-11-13-15-23)35(40)17-24(45-46(8,9)10)20(2)26(32(35,5)6)27(38)29(33(19,28)7)42-21(3)36/h11-15,19,24-25,27-30,38,40H,16-18H2,1-10H3;11-15,19,24-25,28-30,40H,16-18H2,1-10H3/t19-,24-,25+,27+,28?,29+,30-,33+,34-,35+;19-,24-,25+,28?,29+,30-,33+,34-,35+/m00/s1. The molecular weight excluding hydrogens is 1220 g/mol. The first kappa shape index (κ1) is 70.9. The van der Waals surface area contributed by atoms with E-state index in [2.05, 4.69) is 0 Å². The van der Waals surface area contributed by atoms with Gasteiger partial charge in [0.1, 0.15) is 47.8 Å². The molecule has 506 valence electrons. The fraction of sp³-hybridized carbons (Fsp3) is 0.671. The molecule has 3 N–H and O–H groups in total. The maximum atomic E-state index is 15.1. The predicted molar refractivity (Wildman–Crippen MR) is 341 cm³/mol. The Kier molecular flexibility index (Phi) is 18.7. The number of ketones is 1.